The first kappa shape index (κ1) is 14.5. The van der Waals surface area contributed by atoms with Crippen LogP contribution in [0.5, 0.6) is 0 Å². The number of rotatable bonds is 5. The molecule has 2 aromatic rings. The van der Waals surface area contributed by atoms with E-state index in [0.29, 0.717) is 5.92 Å². The molecule has 2 aromatic carbocycles. The Morgan fingerprint density at radius 3 is 2.00 bits per heavy atom. The largest absolute Gasteiger partial charge is 0.394 e. The molecule has 0 amide bonds. The van der Waals surface area contributed by atoms with Gasteiger partial charge in [0.05, 0.1) is 12.6 Å². The van der Waals surface area contributed by atoms with E-state index in [9.17, 15) is 9.50 Å². The SMILES string of the molecule is CC(C)c1ccc(C(CO)Nc2ccc(F)cc2)cc1. The first-order valence-corrected chi connectivity index (χ1v) is 6.83. The zero-order chi connectivity index (χ0) is 14.5. The van der Waals surface area contributed by atoms with Crippen LogP contribution in [0.15, 0.2) is 48.5 Å². The van der Waals surface area contributed by atoms with Crippen molar-refractivity contribution in [1.82, 2.24) is 0 Å². The van der Waals surface area contributed by atoms with Crippen LogP contribution in [-0.2, 0) is 0 Å². The Bertz CT molecular complexity index is 534. The van der Waals surface area contributed by atoms with Crippen molar-refractivity contribution in [3.8, 4) is 0 Å². The average Bonchev–Trinajstić information content (AvgIpc) is 2.47. The van der Waals surface area contributed by atoms with Gasteiger partial charge in [0, 0.05) is 5.69 Å². The molecule has 0 bridgehead atoms. The molecular weight excluding hydrogens is 253 g/mol. The van der Waals surface area contributed by atoms with E-state index in [-0.39, 0.29) is 18.5 Å². The summed E-state index contributed by atoms with van der Waals surface area (Å²) in [4.78, 5) is 0. The molecule has 0 aliphatic rings. The van der Waals surface area contributed by atoms with Gasteiger partial charge in [-0.3, -0.25) is 0 Å². The van der Waals surface area contributed by atoms with Crippen LogP contribution in [0.25, 0.3) is 0 Å². The number of aliphatic hydroxyl groups is 1. The molecule has 3 heteroatoms. The molecule has 2 nitrogen and oxygen atoms in total. The summed E-state index contributed by atoms with van der Waals surface area (Å²) in [7, 11) is 0. The lowest BCUT2D eigenvalue weighted by Crippen LogP contribution is -2.14. The monoisotopic (exact) mass is 273 g/mol. The molecule has 0 fully saturated rings. The quantitative estimate of drug-likeness (QED) is 0.859. The summed E-state index contributed by atoms with van der Waals surface area (Å²) in [5, 5.41) is 12.7. The molecule has 0 heterocycles. The molecule has 0 radical (unpaired) electrons. The fraction of sp³-hybridized carbons (Fsp3) is 0.294. The summed E-state index contributed by atoms with van der Waals surface area (Å²) < 4.78 is 12.9. The van der Waals surface area contributed by atoms with Crippen molar-refractivity contribution in [2.24, 2.45) is 0 Å². The van der Waals surface area contributed by atoms with Gasteiger partial charge in [-0.05, 0) is 41.3 Å². The Balaban J connectivity index is 2.13. The Morgan fingerprint density at radius 1 is 0.950 bits per heavy atom. The van der Waals surface area contributed by atoms with Gasteiger partial charge in [-0.25, -0.2) is 4.39 Å². The number of halogens is 1. The molecule has 20 heavy (non-hydrogen) atoms. The Labute approximate surface area is 119 Å². The Morgan fingerprint density at radius 2 is 1.50 bits per heavy atom. The minimum absolute atomic E-state index is 0.0155. The number of benzene rings is 2. The van der Waals surface area contributed by atoms with Crippen molar-refractivity contribution in [3.05, 3.63) is 65.5 Å². The van der Waals surface area contributed by atoms with Gasteiger partial charge in [0.2, 0.25) is 0 Å². The number of hydrogen-bond acceptors (Lipinski definition) is 2. The second kappa shape index (κ2) is 6.53. The second-order valence-corrected chi connectivity index (χ2v) is 5.21. The fourth-order valence-corrected chi connectivity index (χ4v) is 2.09. The van der Waals surface area contributed by atoms with E-state index >= 15 is 0 Å². The van der Waals surface area contributed by atoms with Crippen LogP contribution in [0.2, 0.25) is 0 Å². The summed E-state index contributed by atoms with van der Waals surface area (Å²) in [6, 6.07) is 14.1. The molecular formula is C17H20FNO. The molecule has 2 N–H and O–H groups in total. The van der Waals surface area contributed by atoms with Crippen molar-refractivity contribution in [2.75, 3.05) is 11.9 Å². The van der Waals surface area contributed by atoms with E-state index in [4.69, 9.17) is 0 Å². The minimum Gasteiger partial charge on any atom is -0.394 e. The first-order valence-electron chi connectivity index (χ1n) is 6.83. The van der Waals surface area contributed by atoms with Crippen LogP contribution in [0.1, 0.15) is 36.9 Å². The lowest BCUT2D eigenvalue weighted by atomic mass is 9.99. The van der Waals surface area contributed by atoms with Crippen LogP contribution in [0.3, 0.4) is 0 Å². The molecule has 2 rings (SSSR count). The first-order chi connectivity index (χ1) is 9.60. The van der Waals surface area contributed by atoms with E-state index in [2.05, 4.69) is 31.3 Å². The highest BCUT2D eigenvalue weighted by Crippen LogP contribution is 2.22. The zero-order valence-electron chi connectivity index (χ0n) is 11.8. The van der Waals surface area contributed by atoms with Gasteiger partial charge < -0.3 is 10.4 Å². The standard InChI is InChI=1S/C17H20FNO/c1-12(2)13-3-5-14(6-4-13)17(11-20)19-16-9-7-15(18)8-10-16/h3-10,12,17,19-20H,11H2,1-2H3. The summed E-state index contributed by atoms with van der Waals surface area (Å²) in [5.41, 5.74) is 3.08. The second-order valence-electron chi connectivity index (χ2n) is 5.21. The van der Waals surface area contributed by atoms with Gasteiger partial charge in [-0.2, -0.15) is 0 Å². The van der Waals surface area contributed by atoms with Crippen LogP contribution < -0.4 is 5.32 Å². The van der Waals surface area contributed by atoms with Gasteiger partial charge in [-0.15, -0.1) is 0 Å². The Hall–Kier alpha value is -1.87. The van der Waals surface area contributed by atoms with E-state index in [1.165, 1.54) is 17.7 Å². The summed E-state index contributed by atoms with van der Waals surface area (Å²) >= 11 is 0. The average molecular weight is 273 g/mol. The van der Waals surface area contributed by atoms with E-state index in [1.54, 1.807) is 12.1 Å². The van der Waals surface area contributed by atoms with Crippen LogP contribution in [-0.4, -0.2) is 11.7 Å². The topological polar surface area (TPSA) is 32.3 Å². The minimum atomic E-state index is -0.266. The molecule has 1 atom stereocenters. The van der Waals surface area contributed by atoms with Gasteiger partial charge in [0.15, 0.2) is 0 Å². The van der Waals surface area contributed by atoms with Crippen LogP contribution in [0.4, 0.5) is 10.1 Å². The zero-order valence-corrected chi connectivity index (χ0v) is 11.8. The predicted molar refractivity (Wildman–Crippen MR) is 80.4 cm³/mol. The molecule has 106 valence electrons. The van der Waals surface area contributed by atoms with Gasteiger partial charge in [0.1, 0.15) is 5.82 Å². The smallest absolute Gasteiger partial charge is 0.123 e. The highest BCUT2D eigenvalue weighted by Gasteiger charge is 2.10. The highest BCUT2D eigenvalue weighted by molar-refractivity contribution is 5.45. The maximum Gasteiger partial charge on any atom is 0.123 e. The van der Waals surface area contributed by atoms with Crippen LogP contribution in [0, 0.1) is 5.82 Å². The molecule has 0 aliphatic carbocycles. The Kier molecular flexibility index (Phi) is 4.74. The van der Waals surface area contributed by atoms with Gasteiger partial charge >= 0.3 is 0 Å². The van der Waals surface area contributed by atoms with Crippen molar-refractivity contribution in [2.45, 2.75) is 25.8 Å². The molecule has 1 unspecified atom stereocenters. The summed E-state index contributed by atoms with van der Waals surface area (Å²) in [6.07, 6.45) is 0. The number of anilines is 1. The molecule has 0 aromatic heterocycles. The van der Waals surface area contributed by atoms with E-state index in [1.807, 2.05) is 12.1 Å². The van der Waals surface area contributed by atoms with Crippen molar-refractivity contribution >= 4 is 5.69 Å². The van der Waals surface area contributed by atoms with Crippen molar-refractivity contribution in [1.29, 1.82) is 0 Å². The van der Waals surface area contributed by atoms with E-state index < -0.39 is 0 Å². The summed E-state index contributed by atoms with van der Waals surface area (Å²) in [6.45, 7) is 4.28. The van der Waals surface area contributed by atoms with Gasteiger partial charge in [-0.1, -0.05) is 38.1 Å². The summed E-state index contributed by atoms with van der Waals surface area (Å²) in [5.74, 6) is 0.221. The van der Waals surface area contributed by atoms with Gasteiger partial charge in [0.25, 0.3) is 0 Å². The number of hydrogen-bond donors (Lipinski definition) is 2. The molecule has 0 spiro atoms. The predicted octanol–water partition coefficient (Wildman–Crippen LogP) is 4.09. The molecule has 0 aliphatic heterocycles. The lowest BCUT2D eigenvalue weighted by molar-refractivity contribution is 0.276. The third kappa shape index (κ3) is 3.58. The highest BCUT2D eigenvalue weighted by atomic mass is 19.1. The maximum atomic E-state index is 12.9. The third-order valence-corrected chi connectivity index (χ3v) is 3.37. The normalized spacial score (nSPS) is 12.4. The van der Waals surface area contributed by atoms with Crippen molar-refractivity contribution < 1.29 is 9.50 Å². The fourth-order valence-electron chi connectivity index (χ4n) is 2.09. The molecule has 0 saturated carbocycles. The molecule has 0 saturated heterocycles. The van der Waals surface area contributed by atoms with E-state index in [0.717, 1.165) is 11.3 Å². The van der Waals surface area contributed by atoms with Crippen molar-refractivity contribution in [3.63, 3.8) is 0 Å². The number of nitrogens with one attached hydrogen (secondary N) is 1. The maximum absolute atomic E-state index is 12.9. The number of aliphatic hydroxyl groups excluding tert-OH is 1. The lowest BCUT2D eigenvalue weighted by Gasteiger charge is -2.19. The van der Waals surface area contributed by atoms with Crippen LogP contribution >= 0.6 is 0 Å². The third-order valence-electron chi connectivity index (χ3n) is 3.37.